The molecule has 1 rings (SSSR count). The largest absolute Gasteiger partial charge is 0.504 e. The van der Waals surface area contributed by atoms with Crippen LogP contribution >= 0.6 is 0 Å². The summed E-state index contributed by atoms with van der Waals surface area (Å²) in [5.74, 6) is -0.519. The van der Waals surface area contributed by atoms with Crippen LogP contribution in [0.5, 0.6) is 0 Å². The van der Waals surface area contributed by atoms with Gasteiger partial charge in [-0.1, -0.05) is 12.3 Å². The van der Waals surface area contributed by atoms with E-state index in [1.54, 1.807) is 0 Å². The van der Waals surface area contributed by atoms with Gasteiger partial charge in [0.05, 0.1) is 13.5 Å². The molecule has 0 aliphatic carbocycles. The summed E-state index contributed by atoms with van der Waals surface area (Å²) in [6.45, 7) is 3.81. The molecule has 1 saturated heterocycles. The fourth-order valence-corrected chi connectivity index (χ4v) is 1.59. The first-order valence-electron chi connectivity index (χ1n) is 4.45. The number of aliphatic hydroxyl groups excluding tert-OH is 1. The molecule has 0 saturated carbocycles. The van der Waals surface area contributed by atoms with Gasteiger partial charge in [0, 0.05) is 6.61 Å². The Hall–Kier alpha value is -1.25. The molecule has 14 heavy (non-hydrogen) atoms. The van der Waals surface area contributed by atoms with Crippen molar-refractivity contribution in [3.05, 3.63) is 18.1 Å². The number of carbonyl (C=O) groups is 1. The second kappa shape index (κ2) is 4.31. The fraction of sp³-hybridized carbons (Fsp3) is 0.600. The van der Waals surface area contributed by atoms with Crippen molar-refractivity contribution in [1.29, 1.82) is 0 Å². The number of ether oxygens (including phenoxy) is 2. The molecule has 1 atom stereocenters. The van der Waals surface area contributed by atoms with Crippen LogP contribution in [-0.2, 0) is 14.3 Å². The van der Waals surface area contributed by atoms with Crippen LogP contribution in [0.15, 0.2) is 18.1 Å². The van der Waals surface area contributed by atoms with Crippen molar-refractivity contribution in [1.82, 2.24) is 0 Å². The van der Waals surface area contributed by atoms with Gasteiger partial charge in [0.2, 0.25) is 0 Å². The van der Waals surface area contributed by atoms with E-state index in [2.05, 4.69) is 17.0 Å². The van der Waals surface area contributed by atoms with Gasteiger partial charge >= 0.3 is 5.97 Å². The molecule has 1 aliphatic rings. The number of esters is 1. The molecular weight excluding hydrogens is 184 g/mol. The zero-order valence-corrected chi connectivity index (χ0v) is 8.21. The van der Waals surface area contributed by atoms with Crippen LogP contribution in [-0.4, -0.2) is 30.4 Å². The highest BCUT2D eigenvalue weighted by Crippen LogP contribution is 2.32. The van der Waals surface area contributed by atoms with E-state index in [4.69, 9.17) is 4.74 Å². The average Bonchev–Trinajstić information content (AvgIpc) is 2.66. The van der Waals surface area contributed by atoms with E-state index in [0.717, 1.165) is 6.42 Å². The SMILES string of the molecule is C=C=C(O)CC1(C(=O)OC)CCCO1. The Labute approximate surface area is 82.8 Å². The Morgan fingerprint density at radius 3 is 2.93 bits per heavy atom. The minimum atomic E-state index is -1.02. The number of rotatable bonds is 3. The maximum Gasteiger partial charge on any atom is 0.338 e. The molecule has 0 spiro atoms. The number of hydrogen-bond donors (Lipinski definition) is 1. The van der Waals surface area contributed by atoms with Crippen LogP contribution in [0.2, 0.25) is 0 Å². The number of methoxy groups -OCH3 is 1. The van der Waals surface area contributed by atoms with Crippen molar-refractivity contribution in [2.45, 2.75) is 24.9 Å². The Bertz CT molecular complexity index is 270. The molecule has 0 radical (unpaired) electrons. The van der Waals surface area contributed by atoms with Crippen LogP contribution in [0.3, 0.4) is 0 Å². The first-order valence-corrected chi connectivity index (χ1v) is 4.45. The predicted molar refractivity (Wildman–Crippen MR) is 49.8 cm³/mol. The van der Waals surface area contributed by atoms with Crippen LogP contribution in [0.4, 0.5) is 0 Å². The molecule has 4 nitrogen and oxygen atoms in total. The first-order chi connectivity index (χ1) is 6.64. The molecule has 1 fully saturated rings. The third kappa shape index (κ3) is 1.97. The molecule has 0 bridgehead atoms. The van der Waals surface area contributed by atoms with Gasteiger partial charge in [-0.15, -0.1) is 0 Å². The lowest BCUT2D eigenvalue weighted by molar-refractivity contribution is -0.164. The summed E-state index contributed by atoms with van der Waals surface area (Å²) in [5, 5.41) is 9.28. The number of hydrogen-bond acceptors (Lipinski definition) is 4. The molecule has 1 heterocycles. The van der Waals surface area contributed by atoms with E-state index in [-0.39, 0.29) is 12.2 Å². The smallest absolute Gasteiger partial charge is 0.338 e. The third-order valence-electron chi connectivity index (χ3n) is 2.32. The normalized spacial score (nSPS) is 25.5. The standard InChI is InChI=1S/C10H14O4/c1-3-8(11)7-10(9(12)13-2)5-4-6-14-10/h11H,1,4-7H2,2H3. The summed E-state index contributed by atoms with van der Waals surface area (Å²) < 4.78 is 9.99. The van der Waals surface area contributed by atoms with E-state index in [1.165, 1.54) is 7.11 Å². The zero-order valence-electron chi connectivity index (χ0n) is 8.21. The average molecular weight is 198 g/mol. The summed E-state index contributed by atoms with van der Waals surface area (Å²) in [4.78, 5) is 11.5. The van der Waals surface area contributed by atoms with Gasteiger partial charge in [0.1, 0.15) is 5.76 Å². The van der Waals surface area contributed by atoms with Crippen molar-refractivity contribution < 1.29 is 19.4 Å². The molecule has 78 valence electrons. The summed E-state index contributed by atoms with van der Waals surface area (Å²) in [6, 6.07) is 0. The quantitative estimate of drug-likeness (QED) is 0.422. The summed E-state index contributed by atoms with van der Waals surface area (Å²) in [5.41, 5.74) is 1.31. The fourth-order valence-electron chi connectivity index (χ4n) is 1.59. The Balaban J connectivity index is 2.82. The van der Waals surface area contributed by atoms with E-state index < -0.39 is 11.6 Å². The van der Waals surface area contributed by atoms with Crippen molar-refractivity contribution in [2.24, 2.45) is 0 Å². The highest BCUT2D eigenvalue weighted by molar-refractivity contribution is 5.80. The molecule has 0 aromatic carbocycles. The van der Waals surface area contributed by atoms with Gasteiger partial charge in [-0.05, 0) is 12.8 Å². The molecule has 4 heteroatoms. The van der Waals surface area contributed by atoms with E-state index in [0.29, 0.717) is 13.0 Å². The lowest BCUT2D eigenvalue weighted by Gasteiger charge is -2.23. The summed E-state index contributed by atoms with van der Waals surface area (Å²) in [6.07, 6.45) is 1.44. The van der Waals surface area contributed by atoms with Crippen LogP contribution in [0, 0.1) is 0 Å². The highest BCUT2D eigenvalue weighted by atomic mass is 16.6. The molecular formula is C10H14O4. The second-order valence-corrected chi connectivity index (χ2v) is 3.24. The van der Waals surface area contributed by atoms with Crippen molar-refractivity contribution in [3.8, 4) is 0 Å². The monoisotopic (exact) mass is 198 g/mol. The van der Waals surface area contributed by atoms with E-state index in [1.807, 2.05) is 0 Å². The van der Waals surface area contributed by atoms with Crippen molar-refractivity contribution in [2.75, 3.05) is 13.7 Å². The van der Waals surface area contributed by atoms with Crippen LogP contribution in [0.25, 0.3) is 0 Å². The molecule has 1 unspecified atom stereocenters. The minimum absolute atomic E-state index is 0.0719. The molecule has 0 amide bonds. The topological polar surface area (TPSA) is 55.8 Å². The maximum atomic E-state index is 11.5. The van der Waals surface area contributed by atoms with Gasteiger partial charge in [0.15, 0.2) is 5.60 Å². The molecule has 1 N–H and O–H groups in total. The summed E-state index contributed by atoms with van der Waals surface area (Å²) >= 11 is 0. The Morgan fingerprint density at radius 2 is 2.50 bits per heavy atom. The lowest BCUT2D eigenvalue weighted by atomic mass is 9.95. The van der Waals surface area contributed by atoms with Crippen LogP contribution in [0.1, 0.15) is 19.3 Å². The summed E-state index contributed by atoms with van der Waals surface area (Å²) in [7, 11) is 1.31. The highest BCUT2D eigenvalue weighted by Gasteiger charge is 2.44. The molecule has 0 aromatic rings. The lowest BCUT2D eigenvalue weighted by Crippen LogP contribution is -2.39. The van der Waals surface area contributed by atoms with Crippen LogP contribution < -0.4 is 0 Å². The number of aliphatic hydroxyl groups is 1. The molecule has 1 aliphatic heterocycles. The Morgan fingerprint density at radius 1 is 1.79 bits per heavy atom. The maximum absolute atomic E-state index is 11.5. The predicted octanol–water partition coefficient (Wildman–Crippen LogP) is 1.33. The third-order valence-corrected chi connectivity index (χ3v) is 2.32. The minimum Gasteiger partial charge on any atom is -0.504 e. The van der Waals surface area contributed by atoms with Gasteiger partial charge in [-0.25, -0.2) is 4.79 Å². The van der Waals surface area contributed by atoms with Crippen molar-refractivity contribution >= 4 is 5.97 Å². The van der Waals surface area contributed by atoms with Gasteiger partial charge < -0.3 is 14.6 Å². The van der Waals surface area contributed by atoms with Gasteiger partial charge in [0.25, 0.3) is 0 Å². The van der Waals surface area contributed by atoms with Gasteiger partial charge in [-0.2, -0.15) is 0 Å². The zero-order chi connectivity index (χ0) is 10.6. The first kappa shape index (κ1) is 10.8. The molecule has 0 aromatic heterocycles. The number of carbonyl (C=O) groups excluding carboxylic acids is 1. The van der Waals surface area contributed by atoms with Gasteiger partial charge in [-0.3, -0.25) is 0 Å². The van der Waals surface area contributed by atoms with Crippen molar-refractivity contribution in [3.63, 3.8) is 0 Å². The Kier molecular flexibility index (Phi) is 3.33. The van der Waals surface area contributed by atoms with E-state index in [9.17, 15) is 9.90 Å². The second-order valence-electron chi connectivity index (χ2n) is 3.24. The van der Waals surface area contributed by atoms with E-state index >= 15 is 0 Å².